The minimum absolute atomic E-state index is 0.204. The van der Waals surface area contributed by atoms with Gasteiger partial charge in [-0.2, -0.15) is 0 Å². The van der Waals surface area contributed by atoms with Crippen molar-refractivity contribution in [1.82, 2.24) is 18.7 Å². The van der Waals surface area contributed by atoms with Crippen LogP contribution in [-0.4, -0.2) is 41.6 Å². The molecule has 0 radical (unpaired) electrons. The first-order valence-electron chi connectivity index (χ1n) is 13.2. The van der Waals surface area contributed by atoms with E-state index < -0.39 is 5.91 Å². The lowest BCUT2D eigenvalue weighted by Gasteiger charge is -2.35. The minimum Gasteiger partial charge on any atom is -0.353 e. The highest BCUT2D eigenvalue weighted by Gasteiger charge is 2.38. The Kier molecular flexibility index (Phi) is 6.71. The second-order valence-electron chi connectivity index (χ2n) is 10.0. The van der Waals surface area contributed by atoms with Crippen molar-refractivity contribution in [2.45, 2.75) is 39.2 Å². The van der Waals surface area contributed by atoms with Crippen LogP contribution < -0.4 is 20.9 Å². The van der Waals surface area contributed by atoms with Crippen LogP contribution in [0.3, 0.4) is 0 Å². The Morgan fingerprint density at radius 2 is 1.77 bits per heavy atom. The highest BCUT2D eigenvalue weighted by molar-refractivity contribution is 8.27. The summed E-state index contributed by atoms with van der Waals surface area (Å²) in [5, 5.41) is 0. The second-order valence-corrected chi connectivity index (χ2v) is 11.7. The number of piperidine rings is 1. The molecule has 0 aliphatic carbocycles. The fourth-order valence-electron chi connectivity index (χ4n) is 5.45. The summed E-state index contributed by atoms with van der Waals surface area (Å²) >= 11 is 6.72. The predicted octanol–water partition coefficient (Wildman–Crippen LogP) is 4.28. The summed E-state index contributed by atoms with van der Waals surface area (Å²) in [6, 6.07) is 14.9. The molecule has 40 heavy (non-hydrogen) atoms. The van der Waals surface area contributed by atoms with Crippen LogP contribution >= 0.6 is 24.0 Å². The van der Waals surface area contributed by atoms with Gasteiger partial charge in [-0.3, -0.25) is 28.4 Å². The molecule has 2 saturated heterocycles. The molecule has 4 aromatic rings. The summed E-state index contributed by atoms with van der Waals surface area (Å²) in [4.78, 5) is 49.9. The average molecular weight is 573 g/mol. The zero-order valence-corrected chi connectivity index (χ0v) is 24.0. The fraction of sp³-hybridized carbons (Fsp3) is 0.276. The van der Waals surface area contributed by atoms with E-state index in [1.54, 1.807) is 43.1 Å². The molecule has 0 N–H and O–H groups in total. The Hall–Kier alpha value is -3.96. The molecule has 204 valence electrons. The van der Waals surface area contributed by atoms with E-state index >= 15 is 0 Å². The van der Waals surface area contributed by atoms with Crippen molar-refractivity contribution in [2.75, 3.05) is 16.3 Å². The number of thioether (sulfide) groups is 1. The smallest absolute Gasteiger partial charge is 0.296 e. The van der Waals surface area contributed by atoms with E-state index in [1.165, 1.54) is 14.0 Å². The van der Waals surface area contributed by atoms with E-state index in [2.05, 4.69) is 11.8 Å². The zero-order valence-electron chi connectivity index (χ0n) is 22.4. The third-order valence-corrected chi connectivity index (χ3v) is 8.94. The molecule has 3 aromatic heterocycles. The maximum Gasteiger partial charge on any atom is 0.296 e. The van der Waals surface area contributed by atoms with Gasteiger partial charge >= 0.3 is 0 Å². The molecular formula is C29H28N6O3S2. The van der Waals surface area contributed by atoms with Crippen molar-refractivity contribution < 1.29 is 4.79 Å². The van der Waals surface area contributed by atoms with Gasteiger partial charge in [0.25, 0.3) is 17.0 Å². The number of rotatable bonds is 4. The van der Waals surface area contributed by atoms with Crippen LogP contribution in [-0.2, 0) is 11.8 Å². The van der Waals surface area contributed by atoms with Gasteiger partial charge in [0, 0.05) is 25.8 Å². The van der Waals surface area contributed by atoms with Crippen LogP contribution in [0.25, 0.3) is 17.4 Å². The molecule has 0 saturated carbocycles. The number of hydrogen-bond donors (Lipinski definition) is 0. The maximum atomic E-state index is 13.9. The molecule has 0 bridgehead atoms. The normalized spacial score (nSPS) is 18.9. The standard InChI is InChI=1S/C29H28N6O3S2/c1-18-11-7-9-15-32(18)25-21(26(36)33-16-10-8-14-23(33)30-25)17-22-27(37)34(29(39)40-22)24-19(2)31(3)35(28(24)38)20-12-5-4-6-13-20/h4-6,8,10,12-14,16-18H,7,9,11,15H2,1-3H3. The number of benzene rings is 1. The van der Waals surface area contributed by atoms with E-state index in [1.807, 2.05) is 36.4 Å². The van der Waals surface area contributed by atoms with Crippen LogP contribution in [0.2, 0.25) is 0 Å². The van der Waals surface area contributed by atoms with E-state index in [0.717, 1.165) is 37.6 Å². The van der Waals surface area contributed by atoms with E-state index in [4.69, 9.17) is 17.2 Å². The molecule has 2 fully saturated rings. The van der Waals surface area contributed by atoms with Crippen LogP contribution in [0.4, 0.5) is 11.5 Å². The van der Waals surface area contributed by atoms with Crippen LogP contribution in [0.15, 0.2) is 69.2 Å². The lowest BCUT2D eigenvalue weighted by atomic mass is 10.0. The quantitative estimate of drug-likeness (QED) is 0.267. The van der Waals surface area contributed by atoms with Gasteiger partial charge in [-0.15, -0.1) is 0 Å². The van der Waals surface area contributed by atoms with Crippen LogP contribution in [0.1, 0.15) is 37.4 Å². The molecule has 9 nitrogen and oxygen atoms in total. The molecule has 6 rings (SSSR count). The topological polar surface area (TPSA) is 84.9 Å². The number of amides is 1. The molecule has 1 atom stereocenters. The van der Waals surface area contributed by atoms with Gasteiger partial charge in [0.15, 0.2) is 4.32 Å². The molecule has 2 aliphatic rings. The monoisotopic (exact) mass is 572 g/mol. The molecule has 0 spiro atoms. The third-order valence-electron chi connectivity index (χ3n) is 7.64. The molecule has 1 aromatic carbocycles. The first kappa shape index (κ1) is 26.3. The summed E-state index contributed by atoms with van der Waals surface area (Å²) in [6.45, 7) is 4.70. The van der Waals surface area contributed by atoms with Gasteiger partial charge in [-0.05, 0) is 63.5 Å². The molecule has 2 aliphatic heterocycles. The van der Waals surface area contributed by atoms with Gasteiger partial charge in [0.2, 0.25) is 0 Å². The summed E-state index contributed by atoms with van der Waals surface area (Å²) in [5.74, 6) is 0.132. The van der Waals surface area contributed by atoms with Gasteiger partial charge < -0.3 is 4.90 Å². The number of thiocarbonyl (C=S) groups is 1. The number of aromatic nitrogens is 4. The largest absolute Gasteiger partial charge is 0.353 e. The Bertz CT molecular complexity index is 1820. The van der Waals surface area contributed by atoms with Crippen molar-refractivity contribution in [3.8, 4) is 5.69 Å². The second kappa shape index (κ2) is 10.2. The van der Waals surface area contributed by atoms with Crippen LogP contribution in [0, 0.1) is 6.92 Å². The minimum atomic E-state index is -0.434. The highest BCUT2D eigenvalue weighted by atomic mass is 32.2. The number of nitrogens with zero attached hydrogens (tertiary/aromatic N) is 6. The van der Waals surface area contributed by atoms with Crippen molar-refractivity contribution in [3.05, 3.63) is 91.6 Å². The van der Waals surface area contributed by atoms with Gasteiger partial charge in [0.1, 0.15) is 17.2 Å². The Morgan fingerprint density at radius 3 is 2.52 bits per heavy atom. The van der Waals surface area contributed by atoms with Crippen molar-refractivity contribution in [1.29, 1.82) is 0 Å². The zero-order chi connectivity index (χ0) is 28.1. The first-order valence-corrected chi connectivity index (χ1v) is 14.4. The Morgan fingerprint density at radius 1 is 1.02 bits per heavy atom. The molecule has 1 amide bonds. The summed E-state index contributed by atoms with van der Waals surface area (Å²) in [6.07, 6.45) is 6.39. The number of fused-ring (bicyclic) bond motifs is 1. The average Bonchev–Trinajstić information content (AvgIpc) is 3.35. The Balaban J connectivity index is 1.48. The molecule has 11 heteroatoms. The number of carbonyl (C=O) groups is 1. The van der Waals surface area contributed by atoms with E-state index in [-0.39, 0.29) is 32.1 Å². The van der Waals surface area contributed by atoms with Gasteiger partial charge in [-0.25, -0.2) is 9.67 Å². The Labute approximate surface area is 240 Å². The van der Waals surface area contributed by atoms with Crippen molar-refractivity contribution >= 4 is 57.4 Å². The number of para-hydroxylation sites is 1. The summed E-state index contributed by atoms with van der Waals surface area (Å²) in [7, 11) is 1.77. The fourth-order valence-corrected chi connectivity index (χ4v) is 6.70. The number of hydrogen-bond acceptors (Lipinski definition) is 7. The lowest BCUT2D eigenvalue weighted by molar-refractivity contribution is -0.113. The van der Waals surface area contributed by atoms with E-state index in [0.29, 0.717) is 28.4 Å². The summed E-state index contributed by atoms with van der Waals surface area (Å²) in [5.41, 5.74) is 1.76. The van der Waals surface area contributed by atoms with Crippen molar-refractivity contribution in [2.24, 2.45) is 7.05 Å². The summed E-state index contributed by atoms with van der Waals surface area (Å²) < 4.78 is 4.96. The molecule has 1 unspecified atom stereocenters. The maximum absolute atomic E-state index is 13.9. The van der Waals surface area contributed by atoms with Gasteiger partial charge in [-0.1, -0.05) is 48.2 Å². The molecular weight excluding hydrogens is 544 g/mol. The number of anilines is 2. The predicted molar refractivity (Wildman–Crippen MR) is 164 cm³/mol. The first-order chi connectivity index (χ1) is 19.3. The van der Waals surface area contributed by atoms with Gasteiger partial charge in [0.05, 0.1) is 21.8 Å². The van der Waals surface area contributed by atoms with Crippen LogP contribution in [0.5, 0.6) is 0 Å². The van der Waals surface area contributed by atoms with E-state index in [9.17, 15) is 14.4 Å². The third kappa shape index (κ3) is 4.20. The molecule has 5 heterocycles. The number of pyridine rings is 1. The SMILES string of the molecule is Cc1c(N2C(=O)C(=Cc3c(N4CCCCC4C)nc4ccccn4c3=O)SC2=S)c(=O)n(-c2ccccc2)n1C. The number of carbonyl (C=O) groups excluding carboxylic acids is 1. The lowest BCUT2D eigenvalue weighted by Crippen LogP contribution is -2.40. The van der Waals surface area contributed by atoms with Crippen molar-refractivity contribution in [3.63, 3.8) is 0 Å². The highest BCUT2D eigenvalue weighted by Crippen LogP contribution is 2.37.